The van der Waals surface area contributed by atoms with Gasteiger partial charge in [-0.3, -0.25) is 9.69 Å². The van der Waals surface area contributed by atoms with Crippen LogP contribution in [0.1, 0.15) is 46.2 Å². The first-order valence-corrected chi connectivity index (χ1v) is 9.19. The van der Waals surface area contributed by atoms with Gasteiger partial charge in [-0.15, -0.1) is 0 Å². The van der Waals surface area contributed by atoms with Crippen molar-refractivity contribution in [3.05, 3.63) is 40.7 Å². The standard InChI is InChI=1S/C19H25N3O4/c1-12-17(13(2)26-20-12)10-21-7-14-3-4-15(9-21)22(8-14)19(24)18-6-5-16(11-23)25-18/h5-6,14-15,23H,3-4,7-11H2,1-2H3/t14-,15+/m1/s1. The number of aliphatic hydroxyl groups is 1. The molecule has 3 saturated heterocycles. The molecule has 140 valence electrons. The van der Waals surface area contributed by atoms with Crippen molar-refractivity contribution < 1.29 is 18.8 Å². The second kappa shape index (κ2) is 6.89. The molecule has 7 heteroatoms. The summed E-state index contributed by atoms with van der Waals surface area (Å²) in [6.45, 7) is 7.13. The van der Waals surface area contributed by atoms with Gasteiger partial charge in [0.1, 0.15) is 18.1 Å². The largest absolute Gasteiger partial charge is 0.453 e. The Kier molecular flexibility index (Phi) is 4.58. The van der Waals surface area contributed by atoms with E-state index in [1.165, 1.54) is 0 Å². The predicted molar refractivity (Wildman–Crippen MR) is 93.4 cm³/mol. The SMILES string of the molecule is Cc1noc(C)c1CN1C[C@H]2CC[C@@H](C1)N(C(=O)c1ccc(CO)o1)C2. The van der Waals surface area contributed by atoms with Gasteiger partial charge in [0.05, 0.1) is 5.69 Å². The van der Waals surface area contributed by atoms with E-state index in [1.54, 1.807) is 12.1 Å². The third kappa shape index (κ3) is 3.17. The quantitative estimate of drug-likeness (QED) is 0.900. The maximum Gasteiger partial charge on any atom is 0.289 e. The minimum Gasteiger partial charge on any atom is -0.453 e. The van der Waals surface area contributed by atoms with Gasteiger partial charge >= 0.3 is 0 Å². The van der Waals surface area contributed by atoms with Crippen molar-refractivity contribution in [1.29, 1.82) is 0 Å². The Morgan fingerprint density at radius 3 is 2.81 bits per heavy atom. The van der Waals surface area contributed by atoms with Gasteiger partial charge in [-0.1, -0.05) is 5.16 Å². The van der Waals surface area contributed by atoms with Crippen LogP contribution in [0.2, 0.25) is 0 Å². The van der Waals surface area contributed by atoms with Crippen molar-refractivity contribution in [1.82, 2.24) is 15.0 Å². The third-order valence-corrected chi connectivity index (χ3v) is 5.64. The van der Waals surface area contributed by atoms with E-state index in [-0.39, 0.29) is 18.6 Å². The smallest absolute Gasteiger partial charge is 0.289 e. The van der Waals surface area contributed by atoms with Crippen LogP contribution in [-0.2, 0) is 13.2 Å². The molecule has 5 rings (SSSR count). The average Bonchev–Trinajstić information content (AvgIpc) is 3.12. The van der Waals surface area contributed by atoms with Crippen LogP contribution < -0.4 is 0 Å². The summed E-state index contributed by atoms with van der Waals surface area (Å²) in [6, 6.07) is 3.51. The van der Waals surface area contributed by atoms with Crippen LogP contribution >= 0.6 is 0 Å². The van der Waals surface area contributed by atoms with Crippen LogP contribution in [0.3, 0.4) is 0 Å². The number of aryl methyl sites for hydroxylation is 2. The fourth-order valence-corrected chi connectivity index (χ4v) is 4.23. The summed E-state index contributed by atoms with van der Waals surface area (Å²) >= 11 is 0. The monoisotopic (exact) mass is 359 g/mol. The van der Waals surface area contributed by atoms with E-state index in [2.05, 4.69) is 10.1 Å². The first-order valence-electron chi connectivity index (χ1n) is 9.19. The van der Waals surface area contributed by atoms with Gasteiger partial charge in [-0.2, -0.15) is 0 Å². The molecule has 5 heterocycles. The van der Waals surface area contributed by atoms with Crippen LogP contribution in [0.25, 0.3) is 0 Å². The lowest BCUT2D eigenvalue weighted by Gasteiger charge is -2.35. The Bertz CT molecular complexity index is 777. The van der Waals surface area contributed by atoms with Gasteiger partial charge in [-0.25, -0.2) is 0 Å². The molecule has 2 bridgehead atoms. The maximum atomic E-state index is 12.9. The molecule has 0 unspecified atom stereocenters. The zero-order valence-corrected chi connectivity index (χ0v) is 15.3. The van der Waals surface area contributed by atoms with Crippen molar-refractivity contribution in [2.24, 2.45) is 5.92 Å². The van der Waals surface area contributed by atoms with Crippen molar-refractivity contribution in [3.8, 4) is 0 Å². The highest BCUT2D eigenvalue weighted by Gasteiger charge is 2.38. The number of piperidine rings is 1. The number of hydrogen-bond acceptors (Lipinski definition) is 6. The summed E-state index contributed by atoms with van der Waals surface area (Å²) in [6.07, 6.45) is 2.16. The Morgan fingerprint density at radius 1 is 1.27 bits per heavy atom. The first kappa shape index (κ1) is 17.3. The van der Waals surface area contributed by atoms with Gasteiger partial charge in [0.25, 0.3) is 5.91 Å². The van der Waals surface area contributed by atoms with E-state index in [4.69, 9.17) is 14.0 Å². The molecular weight excluding hydrogens is 334 g/mol. The van der Waals surface area contributed by atoms with Gasteiger partial charge in [-0.05, 0) is 44.7 Å². The molecule has 2 atom stereocenters. The van der Waals surface area contributed by atoms with Gasteiger partial charge in [0, 0.05) is 37.8 Å². The second-order valence-corrected chi connectivity index (χ2v) is 7.48. The molecule has 3 aliphatic heterocycles. The molecule has 2 aromatic rings. The lowest BCUT2D eigenvalue weighted by Crippen LogP contribution is -2.47. The van der Waals surface area contributed by atoms with E-state index in [9.17, 15) is 4.79 Å². The molecule has 26 heavy (non-hydrogen) atoms. The minimum absolute atomic E-state index is 0.0708. The summed E-state index contributed by atoms with van der Waals surface area (Å²) in [5, 5.41) is 13.2. The number of amides is 1. The summed E-state index contributed by atoms with van der Waals surface area (Å²) in [4.78, 5) is 17.3. The molecule has 0 radical (unpaired) electrons. The number of aromatic nitrogens is 1. The summed E-state index contributed by atoms with van der Waals surface area (Å²) in [5.41, 5.74) is 2.10. The second-order valence-electron chi connectivity index (χ2n) is 7.48. The first-order chi connectivity index (χ1) is 12.5. The number of fused-ring (bicyclic) bond motifs is 4. The lowest BCUT2D eigenvalue weighted by molar-refractivity contribution is 0.0548. The highest BCUT2D eigenvalue weighted by Crippen LogP contribution is 2.31. The van der Waals surface area contributed by atoms with Crippen molar-refractivity contribution >= 4 is 5.91 Å². The van der Waals surface area contributed by atoms with Crippen LogP contribution in [-0.4, -0.2) is 51.6 Å². The molecule has 0 saturated carbocycles. The molecule has 1 N–H and O–H groups in total. The molecule has 7 nitrogen and oxygen atoms in total. The van der Waals surface area contributed by atoms with Crippen molar-refractivity contribution in [2.75, 3.05) is 19.6 Å². The van der Waals surface area contributed by atoms with Crippen LogP contribution in [0.15, 0.2) is 21.1 Å². The number of carbonyl (C=O) groups excluding carboxylic acids is 1. The predicted octanol–water partition coefficient (Wildman–Crippen LogP) is 2.11. The zero-order valence-electron chi connectivity index (χ0n) is 15.3. The fourth-order valence-electron chi connectivity index (χ4n) is 4.23. The van der Waals surface area contributed by atoms with E-state index in [0.29, 0.717) is 17.4 Å². The Hall–Kier alpha value is -2.12. The Balaban J connectivity index is 1.50. The van der Waals surface area contributed by atoms with Gasteiger partial charge < -0.3 is 18.9 Å². The fraction of sp³-hybridized carbons (Fsp3) is 0.579. The molecule has 2 aromatic heterocycles. The van der Waals surface area contributed by atoms with E-state index in [0.717, 1.165) is 56.0 Å². The minimum atomic E-state index is -0.190. The molecule has 0 aliphatic carbocycles. The molecule has 0 aromatic carbocycles. The Morgan fingerprint density at radius 2 is 2.12 bits per heavy atom. The summed E-state index contributed by atoms with van der Waals surface area (Å²) < 4.78 is 10.8. The van der Waals surface area contributed by atoms with Crippen molar-refractivity contribution in [2.45, 2.75) is 45.9 Å². The molecule has 0 spiro atoms. The Labute approximate surface area is 152 Å². The molecular formula is C19H25N3O4. The van der Waals surface area contributed by atoms with Gasteiger partial charge in [0.15, 0.2) is 5.76 Å². The van der Waals surface area contributed by atoms with Crippen LogP contribution in [0.4, 0.5) is 0 Å². The van der Waals surface area contributed by atoms with E-state index in [1.807, 2.05) is 18.7 Å². The number of hydrogen-bond donors (Lipinski definition) is 1. The third-order valence-electron chi connectivity index (χ3n) is 5.64. The number of carbonyl (C=O) groups is 1. The lowest BCUT2D eigenvalue weighted by atomic mass is 9.95. The number of aliphatic hydroxyl groups excluding tert-OH is 1. The average molecular weight is 359 g/mol. The van der Waals surface area contributed by atoms with Crippen LogP contribution in [0, 0.1) is 19.8 Å². The maximum absolute atomic E-state index is 12.9. The zero-order chi connectivity index (χ0) is 18.3. The normalized spacial score (nSPS) is 23.4. The molecule has 3 aliphatic rings. The number of rotatable bonds is 4. The van der Waals surface area contributed by atoms with Crippen molar-refractivity contribution in [3.63, 3.8) is 0 Å². The summed E-state index contributed by atoms with van der Waals surface area (Å²) in [7, 11) is 0. The molecule has 1 amide bonds. The molecule has 3 fully saturated rings. The summed E-state index contributed by atoms with van der Waals surface area (Å²) in [5.74, 6) is 2.01. The van der Waals surface area contributed by atoms with Crippen LogP contribution in [0.5, 0.6) is 0 Å². The van der Waals surface area contributed by atoms with Gasteiger partial charge in [0.2, 0.25) is 0 Å². The highest BCUT2D eigenvalue weighted by atomic mass is 16.5. The topological polar surface area (TPSA) is 83.0 Å². The van der Waals surface area contributed by atoms with E-state index < -0.39 is 0 Å². The number of furan rings is 1. The van der Waals surface area contributed by atoms with E-state index >= 15 is 0 Å². The highest BCUT2D eigenvalue weighted by molar-refractivity contribution is 5.92. The number of nitrogens with zero attached hydrogens (tertiary/aromatic N) is 3.